The van der Waals surface area contributed by atoms with Crippen LogP contribution < -0.4 is 0 Å². The van der Waals surface area contributed by atoms with E-state index in [4.69, 9.17) is 5.11 Å². The van der Waals surface area contributed by atoms with Gasteiger partial charge in [-0.2, -0.15) is 4.31 Å². The highest BCUT2D eigenvalue weighted by Gasteiger charge is 2.32. The van der Waals surface area contributed by atoms with E-state index in [0.717, 1.165) is 24.2 Å². The predicted molar refractivity (Wildman–Crippen MR) is 93.2 cm³/mol. The molecule has 0 atom stereocenters. The van der Waals surface area contributed by atoms with Crippen molar-refractivity contribution >= 4 is 27.3 Å². The molecule has 24 heavy (non-hydrogen) atoms. The molecule has 0 amide bonds. The molecule has 2 heterocycles. The van der Waals surface area contributed by atoms with Crippen LogP contribution in [0.15, 0.2) is 40.6 Å². The number of rotatable bonds is 4. The number of aromatic carboxylic acids is 1. The highest BCUT2D eigenvalue weighted by Crippen LogP contribution is 2.33. The summed E-state index contributed by atoms with van der Waals surface area (Å²) < 4.78 is 27.1. The van der Waals surface area contributed by atoms with Crippen LogP contribution in [0.2, 0.25) is 0 Å². The fourth-order valence-corrected chi connectivity index (χ4v) is 6.08. The third-order valence-corrected chi connectivity index (χ3v) is 7.98. The molecule has 1 aliphatic heterocycles. The Morgan fingerprint density at radius 1 is 1.21 bits per heavy atom. The van der Waals surface area contributed by atoms with E-state index in [9.17, 15) is 13.2 Å². The first-order chi connectivity index (χ1) is 11.4. The number of hydrogen-bond donors (Lipinski definition) is 1. The second-order valence-electron chi connectivity index (χ2n) is 5.97. The van der Waals surface area contributed by atoms with Crippen molar-refractivity contribution in [3.05, 3.63) is 52.4 Å². The summed E-state index contributed by atoms with van der Waals surface area (Å²) in [5.41, 5.74) is 1.74. The molecule has 5 nitrogen and oxygen atoms in total. The van der Waals surface area contributed by atoms with Crippen molar-refractivity contribution in [2.45, 2.75) is 29.9 Å². The Bertz CT molecular complexity index is 835. The van der Waals surface area contributed by atoms with E-state index in [-0.39, 0.29) is 9.09 Å². The van der Waals surface area contributed by atoms with Gasteiger partial charge in [-0.1, -0.05) is 30.3 Å². The molecule has 2 aromatic rings. The number of piperidine rings is 1. The first-order valence-electron chi connectivity index (χ1n) is 7.78. The van der Waals surface area contributed by atoms with E-state index >= 15 is 0 Å². The van der Waals surface area contributed by atoms with Crippen molar-refractivity contribution in [2.75, 3.05) is 13.1 Å². The van der Waals surface area contributed by atoms with Gasteiger partial charge in [0.25, 0.3) is 10.0 Å². The largest absolute Gasteiger partial charge is 0.477 e. The quantitative estimate of drug-likeness (QED) is 0.902. The summed E-state index contributed by atoms with van der Waals surface area (Å²) in [4.78, 5) is 11.2. The van der Waals surface area contributed by atoms with Gasteiger partial charge in [-0.25, -0.2) is 13.2 Å². The van der Waals surface area contributed by atoms with Gasteiger partial charge < -0.3 is 5.11 Å². The summed E-state index contributed by atoms with van der Waals surface area (Å²) in [5, 5.41) is 9.12. The first-order valence-corrected chi connectivity index (χ1v) is 10.0. The standard InChI is InChI=1S/C17H19NO4S2/c1-12-11-15(23-16(12)17(19)20)24(21,22)18-9-7-14(8-10-18)13-5-3-2-4-6-13/h2-6,11,14H,7-10H2,1H3,(H,19,20). The zero-order valence-electron chi connectivity index (χ0n) is 13.3. The number of benzene rings is 1. The van der Waals surface area contributed by atoms with E-state index in [0.29, 0.717) is 24.6 Å². The van der Waals surface area contributed by atoms with Gasteiger partial charge in [-0.05, 0) is 42.9 Å². The van der Waals surface area contributed by atoms with Gasteiger partial charge in [0.2, 0.25) is 0 Å². The molecule has 1 aromatic carbocycles. The molecule has 0 saturated carbocycles. The molecule has 0 bridgehead atoms. The number of carboxylic acid groups (broad SMARTS) is 1. The third kappa shape index (κ3) is 3.24. The number of thiophene rings is 1. The van der Waals surface area contributed by atoms with Gasteiger partial charge in [-0.3, -0.25) is 0 Å². The van der Waals surface area contributed by atoms with E-state index < -0.39 is 16.0 Å². The van der Waals surface area contributed by atoms with Crippen LogP contribution in [0.5, 0.6) is 0 Å². The second-order valence-corrected chi connectivity index (χ2v) is 9.19. The summed E-state index contributed by atoms with van der Waals surface area (Å²) in [5.74, 6) is -0.709. The average molecular weight is 365 g/mol. The Hall–Kier alpha value is -1.70. The van der Waals surface area contributed by atoms with Gasteiger partial charge in [0, 0.05) is 13.1 Å². The van der Waals surface area contributed by atoms with Crippen LogP contribution >= 0.6 is 11.3 Å². The molecule has 0 radical (unpaired) electrons. The van der Waals surface area contributed by atoms with Gasteiger partial charge in [-0.15, -0.1) is 11.3 Å². The SMILES string of the molecule is Cc1cc(S(=O)(=O)N2CCC(c3ccccc3)CC2)sc1C(=O)O. The Morgan fingerprint density at radius 2 is 1.83 bits per heavy atom. The third-order valence-electron chi connectivity index (χ3n) is 4.41. The minimum Gasteiger partial charge on any atom is -0.477 e. The number of sulfonamides is 1. The number of carboxylic acids is 1. The first kappa shape index (κ1) is 17.1. The molecular formula is C17H19NO4S2. The van der Waals surface area contributed by atoms with Crippen LogP contribution in [0, 0.1) is 6.92 Å². The lowest BCUT2D eigenvalue weighted by atomic mass is 9.90. The molecule has 1 fully saturated rings. The van der Waals surface area contributed by atoms with E-state index in [1.807, 2.05) is 18.2 Å². The van der Waals surface area contributed by atoms with Crippen LogP contribution in [0.3, 0.4) is 0 Å². The second kappa shape index (κ2) is 6.66. The molecular weight excluding hydrogens is 346 g/mol. The Morgan fingerprint density at radius 3 is 2.38 bits per heavy atom. The number of aryl methyl sites for hydroxylation is 1. The van der Waals surface area contributed by atoms with Crippen molar-refractivity contribution in [1.29, 1.82) is 0 Å². The lowest BCUT2D eigenvalue weighted by molar-refractivity contribution is 0.0701. The smallest absolute Gasteiger partial charge is 0.346 e. The van der Waals surface area contributed by atoms with Gasteiger partial charge in [0.15, 0.2) is 0 Å². The maximum atomic E-state index is 12.8. The van der Waals surface area contributed by atoms with Crippen molar-refractivity contribution in [3.8, 4) is 0 Å². The predicted octanol–water partition coefficient (Wildman–Crippen LogP) is 3.32. The monoisotopic (exact) mass is 365 g/mol. The van der Waals surface area contributed by atoms with Gasteiger partial charge in [0.1, 0.15) is 9.09 Å². The maximum absolute atomic E-state index is 12.8. The normalized spacial score (nSPS) is 17.0. The fourth-order valence-electron chi connectivity index (χ4n) is 3.07. The highest BCUT2D eigenvalue weighted by atomic mass is 32.2. The minimum absolute atomic E-state index is 0.0905. The molecule has 0 unspecified atom stereocenters. The van der Waals surface area contributed by atoms with Crippen LogP contribution in [0.4, 0.5) is 0 Å². The zero-order valence-corrected chi connectivity index (χ0v) is 14.9. The molecule has 1 aliphatic rings. The van der Waals surface area contributed by atoms with Gasteiger partial charge in [0.05, 0.1) is 0 Å². The van der Waals surface area contributed by atoms with Crippen molar-refractivity contribution in [2.24, 2.45) is 0 Å². The average Bonchev–Trinajstić information content (AvgIpc) is 2.99. The minimum atomic E-state index is -3.61. The number of hydrogen-bond acceptors (Lipinski definition) is 4. The molecule has 1 aromatic heterocycles. The van der Waals surface area contributed by atoms with Crippen LogP contribution in [-0.2, 0) is 10.0 Å². The molecule has 1 saturated heterocycles. The lowest BCUT2D eigenvalue weighted by Crippen LogP contribution is -2.37. The van der Waals surface area contributed by atoms with Crippen LogP contribution in [0.25, 0.3) is 0 Å². The topological polar surface area (TPSA) is 74.7 Å². The number of nitrogens with zero attached hydrogens (tertiary/aromatic N) is 1. The Labute approximate surface area is 145 Å². The van der Waals surface area contributed by atoms with E-state index in [2.05, 4.69) is 12.1 Å². The Kier molecular flexibility index (Phi) is 4.76. The summed E-state index contributed by atoms with van der Waals surface area (Å²) in [6, 6.07) is 11.6. The maximum Gasteiger partial charge on any atom is 0.346 e. The van der Waals surface area contributed by atoms with E-state index in [1.54, 1.807) is 6.92 Å². The molecule has 3 rings (SSSR count). The van der Waals surface area contributed by atoms with Gasteiger partial charge >= 0.3 is 5.97 Å². The van der Waals surface area contributed by atoms with Crippen molar-refractivity contribution < 1.29 is 18.3 Å². The highest BCUT2D eigenvalue weighted by molar-refractivity contribution is 7.91. The van der Waals surface area contributed by atoms with Crippen LogP contribution in [0.1, 0.15) is 39.6 Å². The Balaban J connectivity index is 1.75. The molecule has 1 N–H and O–H groups in total. The van der Waals surface area contributed by atoms with E-state index in [1.165, 1.54) is 15.9 Å². The van der Waals surface area contributed by atoms with Crippen molar-refractivity contribution in [3.63, 3.8) is 0 Å². The summed E-state index contributed by atoms with van der Waals surface area (Å²) in [6.07, 6.45) is 1.55. The summed E-state index contributed by atoms with van der Waals surface area (Å²) in [7, 11) is -3.61. The lowest BCUT2D eigenvalue weighted by Gasteiger charge is -2.31. The molecule has 128 valence electrons. The summed E-state index contributed by atoms with van der Waals surface area (Å²) in [6.45, 7) is 2.54. The zero-order chi connectivity index (χ0) is 17.3. The fraction of sp³-hybridized carbons (Fsp3) is 0.353. The van der Waals surface area contributed by atoms with Crippen LogP contribution in [-0.4, -0.2) is 36.9 Å². The number of carbonyl (C=O) groups is 1. The summed E-state index contributed by atoms with van der Waals surface area (Å²) >= 11 is 0.836. The molecule has 0 spiro atoms. The molecule has 0 aliphatic carbocycles. The molecule has 7 heteroatoms. The van der Waals surface area contributed by atoms with Crippen molar-refractivity contribution in [1.82, 2.24) is 4.31 Å².